The van der Waals surface area contributed by atoms with E-state index in [4.69, 9.17) is 9.84 Å². The highest BCUT2D eigenvalue weighted by Crippen LogP contribution is 2.31. The molecule has 2 aromatic carbocycles. The van der Waals surface area contributed by atoms with E-state index in [1.165, 1.54) is 12.1 Å². The lowest BCUT2D eigenvalue weighted by molar-refractivity contribution is -0.138. The van der Waals surface area contributed by atoms with Gasteiger partial charge in [0.1, 0.15) is 11.9 Å². The van der Waals surface area contributed by atoms with Crippen LogP contribution in [0.3, 0.4) is 0 Å². The number of ether oxygens (including phenoxy) is 1. The minimum absolute atomic E-state index is 0.0592. The lowest BCUT2D eigenvalue weighted by Gasteiger charge is -2.29. The van der Waals surface area contributed by atoms with Crippen LogP contribution in [-0.2, 0) is 22.5 Å². The number of carbonyl (C=O) groups is 3. The molecule has 1 fully saturated rings. The lowest BCUT2D eigenvalue weighted by atomic mass is 9.99. The van der Waals surface area contributed by atoms with Crippen molar-refractivity contribution < 1.29 is 28.6 Å². The second-order valence-electron chi connectivity index (χ2n) is 8.50. The number of nitrogens with zero attached hydrogens (tertiary/aromatic N) is 1. The van der Waals surface area contributed by atoms with Gasteiger partial charge < -0.3 is 25.4 Å². The van der Waals surface area contributed by atoms with Crippen molar-refractivity contribution in [1.82, 2.24) is 4.90 Å². The highest BCUT2D eigenvalue weighted by molar-refractivity contribution is 5.99. The van der Waals surface area contributed by atoms with Crippen LogP contribution in [-0.4, -0.2) is 40.7 Å². The Morgan fingerprint density at radius 1 is 1.09 bits per heavy atom. The fraction of sp³-hybridized carbons (Fsp3) is 0.375. The first-order chi connectivity index (χ1) is 15.9. The lowest BCUT2D eigenvalue weighted by Crippen LogP contribution is -2.38. The number of nitrogens with one attached hydrogen (secondary N) is 2. The Balaban J connectivity index is 1.30. The van der Waals surface area contributed by atoms with E-state index in [0.717, 1.165) is 17.5 Å². The molecular formula is C24H26FN3O5. The first-order valence-corrected chi connectivity index (χ1v) is 11.0. The number of hydrogen-bond donors (Lipinski definition) is 3. The zero-order valence-electron chi connectivity index (χ0n) is 18.1. The zero-order chi connectivity index (χ0) is 23.4. The highest BCUT2D eigenvalue weighted by atomic mass is 19.1. The van der Waals surface area contributed by atoms with Crippen LogP contribution < -0.4 is 10.6 Å². The molecule has 1 aliphatic heterocycles. The third-order valence-electron chi connectivity index (χ3n) is 6.08. The summed E-state index contributed by atoms with van der Waals surface area (Å²) < 4.78 is 19.3. The van der Waals surface area contributed by atoms with Gasteiger partial charge in [0.15, 0.2) is 0 Å². The molecule has 3 N–H and O–H groups in total. The van der Waals surface area contributed by atoms with Gasteiger partial charge in [-0.3, -0.25) is 4.79 Å². The largest absolute Gasteiger partial charge is 0.481 e. The molecule has 1 heterocycles. The maximum atomic E-state index is 13.7. The highest BCUT2D eigenvalue weighted by Gasteiger charge is 2.31. The minimum Gasteiger partial charge on any atom is -0.481 e. The van der Waals surface area contributed by atoms with E-state index < -0.39 is 17.8 Å². The minimum atomic E-state index is -0.821. The van der Waals surface area contributed by atoms with Gasteiger partial charge in [0.05, 0.1) is 5.69 Å². The van der Waals surface area contributed by atoms with Crippen LogP contribution in [0.15, 0.2) is 42.5 Å². The van der Waals surface area contributed by atoms with Crippen molar-refractivity contribution >= 4 is 29.5 Å². The first-order valence-electron chi connectivity index (χ1n) is 11.0. The molecule has 3 amide bonds. The van der Waals surface area contributed by atoms with Gasteiger partial charge in [-0.15, -0.1) is 0 Å². The number of para-hydroxylation sites is 1. The number of benzene rings is 2. The topological polar surface area (TPSA) is 108 Å². The molecule has 4 rings (SSSR count). The molecule has 0 spiro atoms. The van der Waals surface area contributed by atoms with E-state index in [2.05, 4.69) is 10.6 Å². The van der Waals surface area contributed by atoms with Crippen molar-refractivity contribution in [3.8, 4) is 0 Å². The summed E-state index contributed by atoms with van der Waals surface area (Å²) in [7, 11) is 0. The molecule has 8 nitrogen and oxygen atoms in total. The van der Waals surface area contributed by atoms with Crippen LogP contribution in [0.1, 0.15) is 36.8 Å². The molecule has 0 aromatic heterocycles. The van der Waals surface area contributed by atoms with E-state index in [0.29, 0.717) is 38.0 Å². The normalized spacial score (nSPS) is 19.5. The summed E-state index contributed by atoms with van der Waals surface area (Å²) in [5, 5.41) is 14.1. The van der Waals surface area contributed by atoms with Crippen LogP contribution in [0.2, 0.25) is 0 Å². The monoisotopic (exact) mass is 455 g/mol. The molecule has 0 radical (unpaired) electrons. The van der Waals surface area contributed by atoms with Crippen LogP contribution in [0.5, 0.6) is 0 Å². The molecular weight excluding hydrogens is 429 g/mol. The Labute approximate surface area is 190 Å². The summed E-state index contributed by atoms with van der Waals surface area (Å²) in [6.45, 7) is 0.892. The number of carbonyl (C=O) groups excluding carboxylic acids is 2. The molecule has 1 aliphatic carbocycles. The predicted molar refractivity (Wildman–Crippen MR) is 119 cm³/mol. The number of carboxylic acid groups (broad SMARTS) is 1. The second-order valence-corrected chi connectivity index (χ2v) is 8.50. The predicted octanol–water partition coefficient (Wildman–Crippen LogP) is 4.61. The smallest absolute Gasteiger partial charge is 0.410 e. The summed E-state index contributed by atoms with van der Waals surface area (Å²) >= 11 is 0. The van der Waals surface area contributed by atoms with Gasteiger partial charge in [-0.2, -0.15) is 0 Å². The molecule has 2 aliphatic rings. The van der Waals surface area contributed by atoms with Crippen LogP contribution in [0.4, 0.5) is 25.4 Å². The van der Waals surface area contributed by atoms with Crippen molar-refractivity contribution in [3.05, 3.63) is 59.4 Å². The molecule has 1 saturated carbocycles. The zero-order valence-corrected chi connectivity index (χ0v) is 18.1. The number of rotatable bonds is 5. The summed E-state index contributed by atoms with van der Waals surface area (Å²) in [5.74, 6) is -1.28. The van der Waals surface area contributed by atoms with Gasteiger partial charge in [0, 0.05) is 25.2 Å². The fourth-order valence-electron chi connectivity index (χ4n) is 4.42. The number of carboxylic acids is 1. The summed E-state index contributed by atoms with van der Waals surface area (Å²) in [6, 6.07) is 10.8. The van der Waals surface area contributed by atoms with Gasteiger partial charge in [-0.25, -0.2) is 14.0 Å². The van der Waals surface area contributed by atoms with Crippen molar-refractivity contribution in [2.75, 3.05) is 17.2 Å². The summed E-state index contributed by atoms with van der Waals surface area (Å²) in [5.41, 5.74) is 2.66. The number of anilines is 2. The molecule has 0 saturated heterocycles. The third kappa shape index (κ3) is 5.79. The average Bonchev–Trinajstić information content (AvgIpc) is 3.20. The Morgan fingerprint density at radius 3 is 2.70 bits per heavy atom. The molecule has 33 heavy (non-hydrogen) atoms. The van der Waals surface area contributed by atoms with Crippen molar-refractivity contribution in [3.63, 3.8) is 0 Å². The molecule has 174 valence electrons. The number of urea groups is 1. The second kappa shape index (κ2) is 9.89. The maximum absolute atomic E-state index is 13.7. The SMILES string of the molecule is O=C(O)C[C@H]1CC[C@H](OC(=O)N2CCc3cc(NC(=O)Nc4ccccc4F)ccc3C2)C1. The standard InChI is InChI=1S/C24H26FN3O5/c25-20-3-1-2-4-21(20)27-23(31)26-18-7-6-17-14-28(10-9-16(17)13-18)24(32)33-19-8-5-15(11-19)12-22(29)30/h1-4,6-7,13,15,19H,5,8-12,14H2,(H,29,30)(H2,26,27,31)/t15-,19-/m0/s1. The van der Waals surface area contributed by atoms with E-state index in [1.54, 1.807) is 23.1 Å². The summed E-state index contributed by atoms with van der Waals surface area (Å²) in [4.78, 5) is 37.3. The van der Waals surface area contributed by atoms with E-state index in [-0.39, 0.29) is 30.2 Å². The van der Waals surface area contributed by atoms with Crippen LogP contribution >= 0.6 is 0 Å². The van der Waals surface area contributed by atoms with E-state index in [1.807, 2.05) is 12.1 Å². The maximum Gasteiger partial charge on any atom is 0.410 e. The number of amides is 3. The Hall–Kier alpha value is -3.62. The number of halogens is 1. The van der Waals surface area contributed by atoms with Gasteiger partial charge in [-0.1, -0.05) is 18.2 Å². The molecule has 0 bridgehead atoms. The molecule has 0 unspecified atom stereocenters. The number of fused-ring (bicyclic) bond motifs is 1. The van der Waals surface area contributed by atoms with Crippen molar-refractivity contribution in [1.29, 1.82) is 0 Å². The molecule has 2 atom stereocenters. The van der Waals surface area contributed by atoms with Gasteiger partial charge in [0.25, 0.3) is 0 Å². The Morgan fingerprint density at radius 2 is 1.91 bits per heavy atom. The van der Waals surface area contributed by atoms with Gasteiger partial charge in [0.2, 0.25) is 0 Å². The van der Waals surface area contributed by atoms with E-state index >= 15 is 0 Å². The van der Waals surface area contributed by atoms with Crippen LogP contribution in [0, 0.1) is 11.7 Å². The number of hydrogen-bond acceptors (Lipinski definition) is 4. The number of aliphatic carboxylic acids is 1. The Kier molecular flexibility index (Phi) is 6.76. The Bertz CT molecular complexity index is 1060. The quantitative estimate of drug-likeness (QED) is 0.610. The summed E-state index contributed by atoms with van der Waals surface area (Å²) in [6.07, 6.45) is 2.15. The molecule has 9 heteroatoms. The van der Waals surface area contributed by atoms with Gasteiger partial charge >= 0.3 is 18.1 Å². The molecule has 2 aromatic rings. The van der Waals surface area contributed by atoms with Crippen molar-refractivity contribution in [2.45, 2.75) is 44.8 Å². The first kappa shape index (κ1) is 22.6. The van der Waals surface area contributed by atoms with E-state index in [9.17, 15) is 18.8 Å². The van der Waals surface area contributed by atoms with Crippen LogP contribution in [0.25, 0.3) is 0 Å². The third-order valence-corrected chi connectivity index (χ3v) is 6.08. The average molecular weight is 455 g/mol. The fourth-order valence-corrected chi connectivity index (χ4v) is 4.42. The van der Waals surface area contributed by atoms with Gasteiger partial charge in [-0.05, 0) is 67.0 Å². The van der Waals surface area contributed by atoms with Crippen molar-refractivity contribution in [2.24, 2.45) is 5.92 Å².